The molecule has 122 valence electrons. The van der Waals surface area contributed by atoms with E-state index in [9.17, 15) is 0 Å². The summed E-state index contributed by atoms with van der Waals surface area (Å²) in [5, 5.41) is 4.68. The highest BCUT2D eigenvalue weighted by atomic mass is 16.6. The van der Waals surface area contributed by atoms with Gasteiger partial charge in [0, 0.05) is 29.8 Å². The Bertz CT molecular complexity index is 828. The van der Waals surface area contributed by atoms with Gasteiger partial charge >= 0.3 is 0 Å². The lowest BCUT2D eigenvalue weighted by Crippen LogP contribution is -2.24. The van der Waals surface area contributed by atoms with E-state index >= 15 is 0 Å². The molecule has 24 heavy (non-hydrogen) atoms. The number of nitrogens with zero attached hydrogens (tertiary/aromatic N) is 5. The summed E-state index contributed by atoms with van der Waals surface area (Å²) in [5.74, 6) is 1.36. The first-order chi connectivity index (χ1) is 11.8. The summed E-state index contributed by atoms with van der Waals surface area (Å²) in [4.78, 5) is 13.0. The summed E-state index contributed by atoms with van der Waals surface area (Å²) >= 11 is 0. The molecule has 1 aliphatic heterocycles. The molecule has 0 spiro atoms. The predicted molar refractivity (Wildman–Crippen MR) is 86.6 cm³/mol. The topological polar surface area (TPSA) is 75.0 Å². The maximum Gasteiger partial charge on any atom is 0.182 e. The van der Waals surface area contributed by atoms with Gasteiger partial charge in [-0.1, -0.05) is 0 Å². The average Bonchev–Trinajstić information content (AvgIpc) is 3.09. The smallest absolute Gasteiger partial charge is 0.182 e. The second-order valence-corrected chi connectivity index (χ2v) is 5.53. The van der Waals surface area contributed by atoms with E-state index in [0.717, 1.165) is 22.8 Å². The van der Waals surface area contributed by atoms with Crippen molar-refractivity contribution in [2.75, 3.05) is 19.8 Å². The molecule has 0 amide bonds. The zero-order valence-corrected chi connectivity index (χ0v) is 13.3. The minimum atomic E-state index is -0.240. The third-order valence-electron chi connectivity index (χ3n) is 3.80. The third-order valence-corrected chi connectivity index (χ3v) is 3.80. The lowest BCUT2D eigenvalue weighted by atomic mass is 10.2. The minimum Gasteiger partial charge on any atom is -0.376 e. The normalized spacial score (nSPS) is 17.8. The monoisotopic (exact) mass is 323 g/mol. The van der Waals surface area contributed by atoms with Gasteiger partial charge in [0.25, 0.3) is 0 Å². The van der Waals surface area contributed by atoms with Crippen molar-refractivity contribution in [3.63, 3.8) is 0 Å². The van der Waals surface area contributed by atoms with Gasteiger partial charge in [-0.15, -0.1) is 5.10 Å². The molecule has 0 bridgehead atoms. The van der Waals surface area contributed by atoms with Crippen LogP contribution in [0.5, 0.6) is 0 Å². The Morgan fingerprint density at radius 2 is 2.00 bits per heavy atom. The third kappa shape index (κ3) is 2.91. The zero-order valence-electron chi connectivity index (χ0n) is 13.3. The molecule has 7 heteroatoms. The standard InChI is InChI=1S/C17H17N5O2/c1-12-10-14(4-7-19-12)22-17(15-11-23-8-9-24-15)20-16(21-22)13-2-5-18-6-3-13/h2-7,10,15H,8-9,11H2,1H3. The molecule has 7 nitrogen and oxygen atoms in total. The molecule has 4 rings (SSSR count). The molecule has 3 aromatic rings. The first-order valence-electron chi connectivity index (χ1n) is 7.81. The van der Waals surface area contributed by atoms with Crippen LogP contribution < -0.4 is 0 Å². The van der Waals surface area contributed by atoms with Gasteiger partial charge in [0.1, 0.15) is 6.10 Å². The van der Waals surface area contributed by atoms with Crippen molar-refractivity contribution in [2.24, 2.45) is 0 Å². The van der Waals surface area contributed by atoms with Gasteiger partial charge in [-0.05, 0) is 31.2 Å². The summed E-state index contributed by atoms with van der Waals surface area (Å²) in [5.41, 5.74) is 2.73. The molecule has 0 aliphatic carbocycles. The maximum atomic E-state index is 5.83. The molecule has 1 aliphatic rings. The van der Waals surface area contributed by atoms with Gasteiger partial charge in [0.2, 0.25) is 0 Å². The van der Waals surface area contributed by atoms with Crippen molar-refractivity contribution in [1.82, 2.24) is 24.7 Å². The molecule has 1 atom stereocenters. The van der Waals surface area contributed by atoms with E-state index in [4.69, 9.17) is 14.5 Å². The molecule has 0 radical (unpaired) electrons. The van der Waals surface area contributed by atoms with Crippen molar-refractivity contribution in [3.05, 3.63) is 54.4 Å². The van der Waals surface area contributed by atoms with Crippen molar-refractivity contribution in [1.29, 1.82) is 0 Å². The maximum absolute atomic E-state index is 5.83. The first kappa shape index (κ1) is 14.9. The van der Waals surface area contributed by atoms with Crippen LogP contribution in [0, 0.1) is 6.92 Å². The number of hydrogen-bond donors (Lipinski definition) is 0. The molecular weight excluding hydrogens is 306 g/mol. The van der Waals surface area contributed by atoms with E-state index < -0.39 is 0 Å². The number of aryl methyl sites for hydroxylation is 1. The average molecular weight is 323 g/mol. The number of rotatable bonds is 3. The summed E-state index contributed by atoms with van der Waals surface area (Å²) in [6.07, 6.45) is 4.98. The van der Waals surface area contributed by atoms with Crippen LogP contribution in [0.25, 0.3) is 17.1 Å². The van der Waals surface area contributed by atoms with Crippen LogP contribution in [-0.2, 0) is 9.47 Å². The van der Waals surface area contributed by atoms with Gasteiger partial charge in [-0.3, -0.25) is 9.97 Å². The second kappa shape index (κ2) is 6.46. The molecule has 1 unspecified atom stereocenters. The van der Waals surface area contributed by atoms with E-state index in [1.807, 2.05) is 35.9 Å². The molecule has 4 heterocycles. The fraction of sp³-hybridized carbons (Fsp3) is 0.294. The quantitative estimate of drug-likeness (QED) is 0.735. The Labute approximate surface area is 139 Å². The minimum absolute atomic E-state index is 0.240. The van der Waals surface area contributed by atoms with E-state index in [1.165, 1.54) is 0 Å². The summed E-state index contributed by atoms with van der Waals surface area (Å²) in [7, 11) is 0. The first-order valence-corrected chi connectivity index (χ1v) is 7.81. The Morgan fingerprint density at radius 1 is 1.12 bits per heavy atom. The Hall–Kier alpha value is -2.64. The number of ether oxygens (including phenoxy) is 2. The van der Waals surface area contributed by atoms with E-state index in [2.05, 4.69) is 15.1 Å². The highest BCUT2D eigenvalue weighted by Crippen LogP contribution is 2.25. The van der Waals surface area contributed by atoms with Crippen LogP contribution in [0.3, 0.4) is 0 Å². The van der Waals surface area contributed by atoms with Crippen LogP contribution in [0.2, 0.25) is 0 Å². The molecule has 3 aromatic heterocycles. The Morgan fingerprint density at radius 3 is 2.75 bits per heavy atom. The van der Waals surface area contributed by atoms with Crippen LogP contribution in [0.1, 0.15) is 17.6 Å². The predicted octanol–water partition coefficient (Wildman–Crippen LogP) is 2.12. The fourth-order valence-electron chi connectivity index (χ4n) is 2.65. The van der Waals surface area contributed by atoms with Crippen molar-refractivity contribution < 1.29 is 9.47 Å². The van der Waals surface area contributed by atoms with Gasteiger partial charge in [0.05, 0.1) is 25.5 Å². The van der Waals surface area contributed by atoms with Crippen LogP contribution >= 0.6 is 0 Å². The molecule has 0 N–H and O–H groups in total. The molecule has 1 saturated heterocycles. The highest BCUT2D eigenvalue weighted by Gasteiger charge is 2.25. The van der Waals surface area contributed by atoms with Gasteiger partial charge < -0.3 is 9.47 Å². The van der Waals surface area contributed by atoms with Crippen molar-refractivity contribution in [2.45, 2.75) is 13.0 Å². The van der Waals surface area contributed by atoms with Gasteiger partial charge in [0.15, 0.2) is 11.6 Å². The van der Waals surface area contributed by atoms with Crippen molar-refractivity contribution in [3.8, 4) is 17.1 Å². The Kier molecular flexibility index (Phi) is 4.02. The number of aromatic nitrogens is 5. The van der Waals surface area contributed by atoms with E-state index in [1.54, 1.807) is 18.6 Å². The van der Waals surface area contributed by atoms with Gasteiger partial charge in [-0.2, -0.15) is 0 Å². The SMILES string of the molecule is Cc1cc(-n2nc(-c3ccncc3)nc2C2COCCO2)ccn1. The zero-order chi connectivity index (χ0) is 16.4. The van der Waals surface area contributed by atoms with Crippen LogP contribution in [0.15, 0.2) is 42.9 Å². The Balaban J connectivity index is 1.82. The highest BCUT2D eigenvalue weighted by molar-refractivity contribution is 5.54. The number of pyridine rings is 2. The summed E-state index contributed by atoms with van der Waals surface area (Å²) in [6.45, 7) is 3.58. The molecular formula is C17H17N5O2. The number of hydrogen-bond acceptors (Lipinski definition) is 6. The van der Waals surface area contributed by atoms with Gasteiger partial charge in [-0.25, -0.2) is 9.67 Å². The molecule has 1 fully saturated rings. The van der Waals surface area contributed by atoms with E-state index in [-0.39, 0.29) is 6.10 Å². The lowest BCUT2D eigenvalue weighted by molar-refractivity contribution is -0.0942. The molecule has 0 aromatic carbocycles. The largest absolute Gasteiger partial charge is 0.376 e. The van der Waals surface area contributed by atoms with Crippen LogP contribution in [0.4, 0.5) is 0 Å². The summed E-state index contributed by atoms with van der Waals surface area (Å²) < 4.78 is 13.2. The van der Waals surface area contributed by atoms with E-state index in [0.29, 0.717) is 25.6 Å². The fourth-order valence-corrected chi connectivity index (χ4v) is 2.65. The second-order valence-electron chi connectivity index (χ2n) is 5.53. The van der Waals surface area contributed by atoms with Crippen LogP contribution in [-0.4, -0.2) is 44.6 Å². The van der Waals surface area contributed by atoms with Crippen molar-refractivity contribution >= 4 is 0 Å². The molecule has 0 saturated carbocycles. The summed E-state index contributed by atoms with van der Waals surface area (Å²) in [6, 6.07) is 7.66. The lowest BCUT2D eigenvalue weighted by Gasteiger charge is -2.22.